The molecule has 0 aromatic heterocycles. The van der Waals surface area contributed by atoms with Crippen LogP contribution in [0.1, 0.15) is 11.1 Å². The molecule has 3 aromatic rings. The van der Waals surface area contributed by atoms with Crippen molar-refractivity contribution < 1.29 is 15.3 Å². The van der Waals surface area contributed by atoms with Crippen LogP contribution in [0.25, 0.3) is 10.8 Å². The van der Waals surface area contributed by atoms with Gasteiger partial charge in [-0.05, 0) is 41.1 Å². The van der Waals surface area contributed by atoms with Gasteiger partial charge in [-0.3, -0.25) is 0 Å². The number of rotatable bonds is 2. The summed E-state index contributed by atoms with van der Waals surface area (Å²) in [4.78, 5) is 0. The fourth-order valence-electron chi connectivity index (χ4n) is 2.34. The van der Waals surface area contributed by atoms with Crippen LogP contribution in [0.2, 0.25) is 0 Å². The second-order valence-corrected chi connectivity index (χ2v) is 4.86. The van der Waals surface area contributed by atoms with Crippen molar-refractivity contribution in [3.63, 3.8) is 0 Å². The Hall–Kier alpha value is -2.68. The second-order valence-electron chi connectivity index (χ2n) is 4.86. The molecule has 0 aliphatic carbocycles. The highest BCUT2D eigenvalue weighted by molar-refractivity contribution is 5.90. The monoisotopic (exact) mass is 266 g/mol. The first-order valence-corrected chi connectivity index (χ1v) is 6.34. The van der Waals surface area contributed by atoms with E-state index in [1.807, 2.05) is 30.3 Å². The van der Waals surface area contributed by atoms with Gasteiger partial charge in [-0.2, -0.15) is 0 Å². The van der Waals surface area contributed by atoms with Crippen LogP contribution in [-0.2, 0) is 6.42 Å². The number of hydrogen-bond donors (Lipinski definition) is 3. The summed E-state index contributed by atoms with van der Waals surface area (Å²) in [6, 6.07) is 15.8. The van der Waals surface area contributed by atoms with Crippen LogP contribution in [0.5, 0.6) is 17.2 Å². The molecule has 0 bridgehead atoms. The summed E-state index contributed by atoms with van der Waals surface area (Å²) in [7, 11) is 0. The van der Waals surface area contributed by atoms with E-state index in [2.05, 4.69) is 0 Å². The highest BCUT2D eigenvalue weighted by Crippen LogP contribution is 2.30. The molecule has 3 heteroatoms. The van der Waals surface area contributed by atoms with Crippen molar-refractivity contribution in [2.75, 3.05) is 0 Å². The highest BCUT2D eigenvalue weighted by atomic mass is 16.3. The van der Waals surface area contributed by atoms with Crippen LogP contribution < -0.4 is 0 Å². The van der Waals surface area contributed by atoms with Gasteiger partial charge in [0.1, 0.15) is 17.2 Å². The third-order valence-corrected chi connectivity index (χ3v) is 3.32. The van der Waals surface area contributed by atoms with Crippen LogP contribution >= 0.6 is 0 Å². The molecule has 0 heterocycles. The van der Waals surface area contributed by atoms with Crippen molar-refractivity contribution in [3.05, 3.63) is 65.7 Å². The number of fused-ring (bicyclic) bond motifs is 1. The Morgan fingerprint density at radius 3 is 2.10 bits per heavy atom. The van der Waals surface area contributed by atoms with E-state index in [1.54, 1.807) is 18.2 Å². The Labute approximate surface area is 116 Å². The van der Waals surface area contributed by atoms with Crippen molar-refractivity contribution in [3.8, 4) is 17.2 Å². The van der Waals surface area contributed by atoms with Crippen LogP contribution in [-0.4, -0.2) is 15.3 Å². The Morgan fingerprint density at radius 2 is 1.35 bits per heavy atom. The van der Waals surface area contributed by atoms with Gasteiger partial charge in [0.25, 0.3) is 0 Å². The molecule has 0 aliphatic rings. The number of phenols is 3. The van der Waals surface area contributed by atoms with Crippen molar-refractivity contribution in [2.45, 2.75) is 6.42 Å². The number of benzene rings is 3. The lowest BCUT2D eigenvalue weighted by Gasteiger charge is -2.06. The maximum atomic E-state index is 9.78. The van der Waals surface area contributed by atoms with Gasteiger partial charge < -0.3 is 15.3 Å². The normalized spacial score (nSPS) is 10.8. The summed E-state index contributed by atoms with van der Waals surface area (Å²) in [5, 5.41) is 30.1. The first-order chi connectivity index (χ1) is 9.61. The molecular formula is C17H14O3. The molecule has 0 aliphatic heterocycles. The summed E-state index contributed by atoms with van der Waals surface area (Å²) in [5.41, 5.74) is 2.17. The highest BCUT2D eigenvalue weighted by Gasteiger charge is 2.04. The zero-order valence-electron chi connectivity index (χ0n) is 10.7. The standard InChI is InChI=1S/C17H14O3/c18-14-4-1-11(2-5-14)7-12-3-6-16-13(8-12)9-15(19)10-17(16)20/h1-6,8-10,18-20H,7H2. The summed E-state index contributed by atoms with van der Waals surface area (Å²) >= 11 is 0. The molecule has 20 heavy (non-hydrogen) atoms. The molecule has 100 valence electrons. The SMILES string of the molecule is Oc1ccc(Cc2ccc3c(O)cc(O)cc3c2)cc1. The molecule has 0 radical (unpaired) electrons. The predicted molar refractivity (Wildman–Crippen MR) is 78.2 cm³/mol. The van der Waals surface area contributed by atoms with Crippen molar-refractivity contribution in [2.24, 2.45) is 0 Å². The van der Waals surface area contributed by atoms with Crippen LogP contribution in [0, 0.1) is 0 Å². The lowest BCUT2D eigenvalue weighted by Crippen LogP contribution is -1.88. The minimum Gasteiger partial charge on any atom is -0.508 e. The minimum absolute atomic E-state index is 0.0526. The van der Waals surface area contributed by atoms with E-state index in [0.717, 1.165) is 28.3 Å². The Kier molecular flexibility index (Phi) is 2.95. The lowest BCUT2D eigenvalue weighted by molar-refractivity contribution is 0.455. The Bertz CT molecular complexity index is 761. The largest absolute Gasteiger partial charge is 0.508 e. The molecule has 0 unspecified atom stereocenters. The van der Waals surface area contributed by atoms with Gasteiger partial charge in [0.15, 0.2) is 0 Å². The van der Waals surface area contributed by atoms with Gasteiger partial charge in [0, 0.05) is 11.5 Å². The van der Waals surface area contributed by atoms with E-state index in [1.165, 1.54) is 6.07 Å². The fraction of sp³-hybridized carbons (Fsp3) is 0.0588. The average Bonchev–Trinajstić information content (AvgIpc) is 2.41. The molecule has 0 atom stereocenters. The molecule has 0 saturated heterocycles. The number of aromatic hydroxyl groups is 3. The molecule has 0 spiro atoms. The van der Waals surface area contributed by atoms with Gasteiger partial charge in [-0.15, -0.1) is 0 Å². The number of phenolic OH excluding ortho intramolecular Hbond substituents is 3. The van der Waals surface area contributed by atoms with Gasteiger partial charge >= 0.3 is 0 Å². The van der Waals surface area contributed by atoms with Crippen LogP contribution in [0.15, 0.2) is 54.6 Å². The van der Waals surface area contributed by atoms with Gasteiger partial charge in [-0.1, -0.05) is 30.3 Å². The van der Waals surface area contributed by atoms with Crippen LogP contribution in [0.4, 0.5) is 0 Å². The third-order valence-electron chi connectivity index (χ3n) is 3.32. The molecule has 0 fully saturated rings. The van der Waals surface area contributed by atoms with E-state index < -0.39 is 0 Å². The molecule has 0 amide bonds. The summed E-state index contributed by atoms with van der Waals surface area (Å²) in [5.74, 6) is 0.384. The molecule has 3 N–H and O–H groups in total. The average molecular weight is 266 g/mol. The molecule has 3 rings (SSSR count). The van der Waals surface area contributed by atoms with E-state index in [-0.39, 0.29) is 17.2 Å². The van der Waals surface area contributed by atoms with E-state index >= 15 is 0 Å². The molecule has 3 aromatic carbocycles. The van der Waals surface area contributed by atoms with E-state index in [0.29, 0.717) is 0 Å². The first-order valence-electron chi connectivity index (χ1n) is 6.34. The first kappa shape index (κ1) is 12.4. The summed E-state index contributed by atoms with van der Waals surface area (Å²) in [6.07, 6.45) is 0.729. The molecule has 0 saturated carbocycles. The summed E-state index contributed by atoms with van der Waals surface area (Å²) in [6.45, 7) is 0. The Balaban J connectivity index is 1.98. The lowest BCUT2D eigenvalue weighted by atomic mass is 10.0. The minimum atomic E-state index is 0.0526. The van der Waals surface area contributed by atoms with Crippen LogP contribution in [0.3, 0.4) is 0 Å². The van der Waals surface area contributed by atoms with Crippen molar-refractivity contribution in [1.29, 1.82) is 0 Å². The van der Waals surface area contributed by atoms with Gasteiger partial charge in [0.2, 0.25) is 0 Å². The zero-order valence-corrected chi connectivity index (χ0v) is 10.7. The summed E-state index contributed by atoms with van der Waals surface area (Å²) < 4.78 is 0. The fourth-order valence-corrected chi connectivity index (χ4v) is 2.34. The molecule has 3 nitrogen and oxygen atoms in total. The third kappa shape index (κ3) is 2.38. The van der Waals surface area contributed by atoms with Crippen molar-refractivity contribution >= 4 is 10.8 Å². The zero-order chi connectivity index (χ0) is 14.1. The predicted octanol–water partition coefficient (Wildman–Crippen LogP) is 3.55. The van der Waals surface area contributed by atoms with Gasteiger partial charge in [-0.25, -0.2) is 0 Å². The van der Waals surface area contributed by atoms with E-state index in [4.69, 9.17) is 0 Å². The molecular weight excluding hydrogens is 252 g/mol. The maximum Gasteiger partial charge on any atom is 0.127 e. The Morgan fingerprint density at radius 1 is 0.650 bits per heavy atom. The second kappa shape index (κ2) is 4.78. The maximum absolute atomic E-state index is 9.78. The van der Waals surface area contributed by atoms with E-state index in [9.17, 15) is 15.3 Å². The smallest absolute Gasteiger partial charge is 0.127 e. The number of hydrogen-bond acceptors (Lipinski definition) is 3. The quantitative estimate of drug-likeness (QED) is 0.664. The topological polar surface area (TPSA) is 60.7 Å². The van der Waals surface area contributed by atoms with Gasteiger partial charge in [0.05, 0.1) is 0 Å². The van der Waals surface area contributed by atoms with Crippen molar-refractivity contribution in [1.82, 2.24) is 0 Å².